The highest BCUT2D eigenvalue weighted by molar-refractivity contribution is 7.92. The number of piperidine rings is 2. The number of nitrogens with one attached hydrogen (secondary N) is 6. The molecule has 1 aromatic heterocycles. The molecule has 0 aliphatic carbocycles. The fourth-order valence-electron chi connectivity index (χ4n) is 8.91. The zero-order valence-electron chi connectivity index (χ0n) is 41.6. The first kappa shape index (κ1) is 54.3. The van der Waals surface area contributed by atoms with Gasteiger partial charge in [-0.3, -0.25) is 39.0 Å². The molecule has 390 valence electrons. The van der Waals surface area contributed by atoms with Crippen molar-refractivity contribution in [1.82, 2.24) is 35.7 Å². The van der Waals surface area contributed by atoms with E-state index >= 15 is 0 Å². The SMILES string of the molecule is Cc1cc(Nc2ncc(Cl)c(Nc3ccccc3S(=O)(=O)C(C)C)n2)c(OC(C)C)cc1C1CCN(CCC(=O)NCCOCCNCCC(=O)Nc2cccc3c2C(=O)N(C2CCC(=O)NC2=O)C3=O)CC1. The van der Waals surface area contributed by atoms with Crippen LogP contribution in [0, 0.1) is 6.92 Å². The molecule has 3 aliphatic heterocycles. The number of anilines is 5. The number of aromatic nitrogens is 2. The first-order chi connectivity index (χ1) is 34.9. The number of hydrogen-bond donors (Lipinski definition) is 6. The van der Waals surface area contributed by atoms with Gasteiger partial charge in [-0.25, -0.2) is 13.4 Å². The number of fused-ring (bicyclic) bond motifs is 1. The summed E-state index contributed by atoms with van der Waals surface area (Å²) in [7, 11) is -3.60. The molecule has 7 rings (SSSR count). The normalized spacial score (nSPS) is 16.4. The van der Waals surface area contributed by atoms with Gasteiger partial charge in [0.25, 0.3) is 11.8 Å². The molecule has 22 heteroatoms. The van der Waals surface area contributed by atoms with Gasteiger partial charge in [0.15, 0.2) is 15.7 Å². The van der Waals surface area contributed by atoms with Crippen LogP contribution in [0.3, 0.4) is 0 Å². The van der Waals surface area contributed by atoms with E-state index < -0.39 is 44.8 Å². The second-order valence-electron chi connectivity index (χ2n) is 18.7. The summed E-state index contributed by atoms with van der Waals surface area (Å²) in [6.45, 7) is 13.4. The maximum absolute atomic E-state index is 13.3. The second kappa shape index (κ2) is 24.5. The van der Waals surface area contributed by atoms with Gasteiger partial charge < -0.3 is 41.0 Å². The number of imide groups is 2. The molecule has 1 atom stereocenters. The van der Waals surface area contributed by atoms with Gasteiger partial charge in [-0.2, -0.15) is 4.98 Å². The molecule has 4 heterocycles. The van der Waals surface area contributed by atoms with E-state index in [0.717, 1.165) is 36.4 Å². The van der Waals surface area contributed by atoms with E-state index in [4.69, 9.17) is 21.1 Å². The lowest BCUT2D eigenvalue weighted by Gasteiger charge is -2.33. The van der Waals surface area contributed by atoms with E-state index in [-0.39, 0.29) is 75.7 Å². The van der Waals surface area contributed by atoms with Gasteiger partial charge >= 0.3 is 0 Å². The van der Waals surface area contributed by atoms with Gasteiger partial charge in [0.1, 0.15) is 16.8 Å². The van der Waals surface area contributed by atoms with Crippen LogP contribution >= 0.6 is 11.6 Å². The van der Waals surface area contributed by atoms with Crippen molar-refractivity contribution in [1.29, 1.82) is 0 Å². The van der Waals surface area contributed by atoms with Crippen LogP contribution in [0.2, 0.25) is 5.02 Å². The molecule has 0 radical (unpaired) electrons. The molecule has 0 saturated carbocycles. The third-order valence-electron chi connectivity index (χ3n) is 12.7. The minimum absolute atomic E-state index is 0.00550. The van der Waals surface area contributed by atoms with Gasteiger partial charge in [-0.1, -0.05) is 29.8 Å². The number of aryl methyl sites for hydroxylation is 1. The number of hydrogen-bond acceptors (Lipinski definition) is 16. The summed E-state index contributed by atoms with van der Waals surface area (Å²) >= 11 is 6.51. The van der Waals surface area contributed by atoms with Crippen molar-refractivity contribution in [3.63, 3.8) is 0 Å². The number of benzene rings is 3. The van der Waals surface area contributed by atoms with Crippen LogP contribution in [0.15, 0.2) is 65.7 Å². The van der Waals surface area contributed by atoms with Crippen molar-refractivity contribution < 1.29 is 46.7 Å². The van der Waals surface area contributed by atoms with Crippen molar-refractivity contribution in [3.05, 3.63) is 88.1 Å². The average molecular weight is 1040 g/mol. The standard InChI is InChI=1S/C51H63ClN10O10S/c1-30(2)72-41-28-35(32(5)27-39(41)58-51-55-29-36(52)47(60-51)57-37-10-6-7-12-42(37)73(69,70)31(3)4)33-16-22-61(23-17-33)24-18-43(63)54-21-26-71-25-20-53-19-15-45(65)56-38-11-8-9-34-46(38)50(68)62(49(34)67)40-13-14-44(64)59-48(40)66/h6-12,27-31,33,40,53H,13-26H2,1-5H3,(H,54,63)(H,56,65)(H,59,64,66)(H2,55,57,58,60). The molecule has 0 bridgehead atoms. The number of halogens is 1. The fourth-order valence-corrected chi connectivity index (χ4v) is 10.3. The van der Waals surface area contributed by atoms with Crippen molar-refractivity contribution in [3.8, 4) is 5.75 Å². The highest BCUT2D eigenvalue weighted by Gasteiger charge is 2.45. The zero-order valence-corrected chi connectivity index (χ0v) is 43.2. The number of nitrogens with zero attached hydrogens (tertiary/aromatic N) is 4. The van der Waals surface area contributed by atoms with E-state index in [1.165, 1.54) is 23.9 Å². The number of sulfone groups is 1. The molecular weight excluding hydrogens is 980 g/mol. The van der Waals surface area contributed by atoms with Gasteiger partial charge in [0.2, 0.25) is 29.6 Å². The Kier molecular flexibility index (Phi) is 18.2. The van der Waals surface area contributed by atoms with E-state index in [1.807, 2.05) is 19.9 Å². The monoisotopic (exact) mass is 1040 g/mol. The third kappa shape index (κ3) is 13.6. The summed E-state index contributed by atoms with van der Waals surface area (Å²) in [5, 5.41) is 16.9. The van der Waals surface area contributed by atoms with Crippen LogP contribution < -0.4 is 36.6 Å². The lowest BCUT2D eigenvalue weighted by atomic mass is 9.86. The number of likely N-dealkylation sites (tertiary alicyclic amines) is 1. The van der Waals surface area contributed by atoms with E-state index in [1.54, 1.807) is 44.2 Å². The van der Waals surface area contributed by atoms with Crippen molar-refractivity contribution >= 4 is 85.7 Å². The molecule has 2 fully saturated rings. The summed E-state index contributed by atoms with van der Waals surface area (Å²) in [5.74, 6) is -1.54. The smallest absolute Gasteiger partial charge is 0.264 e. The molecule has 3 aliphatic rings. The first-order valence-electron chi connectivity index (χ1n) is 24.5. The quantitative estimate of drug-likeness (QED) is 0.0389. The van der Waals surface area contributed by atoms with Crippen LogP contribution in [0.5, 0.6) is 5.75 Å². The largest absolute Gasteiger partial charge is 0.489 e. The van der Waals surface area contributed by atoms with Crippen molar-refractivity contribution in [2.24, 2.45) is 0 Å². The molecular formula is C51H63ClN10O10S. The Morgan fingerprint density at radius 3 is 2.34 bits per heavy atom. The molecule has 1 unspecified atom stereocenters. The summed E-state index contributed by atoms with van der Waals surface area (Å²) in [6.07, 6.45) is 3.64. The van der Waals surface area contributed by atoms with Crippen LogP contribution in [-0.2, 0) is 33.8 Å². The van der Waals surface area contributed by atoms with Gasteiger partial charge in [0, 0.05) is 45.4 Å². The molecule has 73 heavy (non-hydrogen) atoms. The van der Waals surface area contributed by atoms with E-state index in [0.29, 0.717) is 68.9 Å². The van der Waals surface area contributed by atoms with E-state index in [9.17, 15) is 37.2 Å². The maximum atomic E-state index is 13.3. The Labute approximate surface area is 430 Å². The Hall–Kier alpha value is -6.52. The summed E-state index contributed by atoms with van der Waals surface area (Å²) in [5.41, 5.74) is 3.56. The van der Waals surface area contributed by atoms with Crippen LogP contribution in [0.4, 0.5) is 28.8 Å². The highest BCUT2D eigenvalue weighted by atomic mass is 35.5. The van der Waals surface area contributed by atoms with Crippen LogP contribution in [0.1, 0.15) is 104 Å². The highest BCUT2D eigenvalue weighted by Crippen LogP contribution is 2.39. The van der Waals surface area contributed by atoms with Gasteiger partial charge in [-0.05, 0) is 120 Å². The molecule has 6 N–H and O–H groups in total. The van der Waals surface area contributed by atoms with Gasteiger partial charge in [0.05, 0.1) is 63.8 Å². The van der Waals surface area contributed by atoms with Crippen LogP contribution in [-0.4, -0.2) is 134 Å². The number of ether oxygens (including phenoxy) is 2. The number of rotatable bonds is 23. The Morgan fingerprint density at radius 1 is 0.863 bits per heavy atom. The molecule has 6 amide bonds. The molecule has 2 saturated heterocycles. The minimum atomic E-state index is -3.60. The number of amides is 6. The average Bonchev–Trinajstić information content (AvgIpc) is 3.60. The van der Waals surface area contributed by atoms with Crippen molar-refractivity contribution in [2.45, 2.75) is 101 Å². The summed E-state index contributed by atoms with van der Waals surface area (Å²) in [6, 6.07) is 14.2. The molecule has 0 spiro atoms. The van der Waals surface area contributed by atoms with Gasteiger partial charge in [-0.15, -0.1) is 0 Å². The number of para-hydroxylation sites is 1. The molecule has 20 nitrogen and oxygen atoms in total. The molecule has 4 aromatic rings. The zero-order chi connectivity index (χ0) is 52.4. The third-order valence-corrected chi connectivity index (χ3v) is 15.2. The molecule has 3 aromatic carbocycles. The van der Waals surface area contributed by atoms with Crippen molar-refractivity contribution in [2.75, 3.05) is 68.4 Å². The summed E-state index contributed by atoms with van der Waals surface area (Å²) < 4.78 is 38.2. The lowest BCUT2D eigenvalue weighted by Crippen LogP contribution is -2.54. The van der Waals surface area contributed by atoms with Crippen LogP contribution in [0.25, 0.3) is 0 Å². The Balaban J connectivity index is 0.792. The predicted molar refractivity (Wildman–Crippen MR) is 275 cm³/mol. The maximum Gasteiger partial charge on any atom is 0.264 e. The topological polar surface area (TPSA) is 259 Å². The second-order valence-corrected chi connectivity index (χ2v) is 21.5. The van der Waals surface area contributed by atoms with E-state index in [2.05, 4.69) is 59.8 Å². The number of carbonyl (C=O) groups excluding carboxylic acids is 6. The Morgan fingerprint density at radius 2 is 1.60 bits per heavy atom. The minimum Gasteiger partial charge on any atom is -0.489 e. The summed E-state index contributed by atoms with van der Waals surface area (Å²) in [4.78, 5) is 88.2. The number of carbonyl (C=O) groups is 6. The predicted octanol–water partition coefficient (Wildman–Crippen LogP) is 5.62. The lowest BCUT2D eigenvalue weighted by molar-refractivity contribution is -0.136. The fraction of sp³-hybridized carbons (Fsp3) is 0.451. The first-order valence-corrected chi connectivity index (χ1v) is 26.5. The Bertz CT molecular complexity index is 2840.